The predicted octanol–water partition coefficient (Wildman–Crippen LogP) is 2.31. The van der Waals surface area contributed by atoms with Crippen molar-refractivity contribution in [3.8, 4) is 11.4 Å². The van der Waals surface area contributed by atoms with Gasteiger partial charge in [0, 0.05) is 5.69 Å². The fraction of sp³-hybridized carbons (Fsp3) is 0. The van der Waals surface area contributed by atoms with E-state index in [1.54, 1.807) is 24.3 Å². The van der Waals surface area contributed by atoms with E-state index in [0.717, 1.165) is 16.7 Å². The molecule has 0 bridgehead atoms. The van der Waals surface area contributed by atoms with Crippen LogP contribution in [-0.2, 0) is 0 Å². The van der Waals surface area contributed by atoms with E-state index in [1.165, 1.54) is 0 Å². The molecule has 0 aliphatic carbocycles. The van der Waals surface area contributed by atoms with Crippen molar-refractivity contribution in [3.63, 3.8) is 0 Å². The van der Waals surface area contributed by atoms with E-state index in [4.69, 9.17) is 5.73 Å². The molecule has 1 heterocycles. The smallest absolute Gasteiger partial charge is 0.205 e. The summed E-state index contributed by atoms with van der Waals surface area (Å²) < 4.78 is 1.86. The average molecular weight is 225 g/mol. The second-order valence-corrected chi connectivity index (χ2v) is 3.81. The summed E-state index contributed by atoms with van der Waals surface area (Å²) in [4.78, 5) is 4.29. The lowest BCUT2D eigenvalue weighted by Gasteiger charge is -2.06. The normalized spacial score (nSPS) is 10.8. The van der Waals surface area contributed by atoms with Crippen LogP contribution in [0.5, 0.6) is 5.75 Å². The van der Waals surface area contributed by atoms with Gasteiger partial charge in [0.1, 0.15) is 5.75 Å². The number of nitrogens with two attached hydrogens (primary N) is 1. The topological polar surface area (TPSA) is 64.1 Å². The number of hydrogen-bond donors (Lipinski definition) is 2. The molecule has 0 unspecified atom stereocenters. The highest BCUT2D eigenvalue weighted by molar-refractivity contribution is 5.80. The van der Waals surface area contributed by atoms with E-state index in [2.05, 4.69) is 4.98 Å². The zero-order valence-electron chi connectivity index (χ0n) is 9.04. The third kappa shape index (κ3) is 1.50. The highest BCUT2D eigenvalue weighted by atomic mass is 16.3. The molecule has 0 aliphatic heterocycles. The number of nitrogens with zero attached hydrogens (tertiary/aromatic N) is 2. The minimum Gasteiger partial charge on any atom is -0.508 e. The number of hydrogen-bond acceptors (Lipinski definition) is 3. The van der Waals surface area contributed by atoms with Gasteiger partial charge in [-0.25, -0.2) is 4.98 Å². The fourth-order valence-corrected chi connectivity index (χ4v) is 1.92. The number of anilines is 1. The Morgan fingerprint density at radius 3 is 2.47 bits per heavy atom. The fourth-order valence-electron chi connectivity index (χ4n) is 1.92. The van der Waals surface area contributed by atoms with Crippen molar-refractivity contribution < 1.29 is 5.11 Å². The van der Waals surface area contributed by atoms with E-state index < -0.39 is 0 Å². The van der Waals surface area contributed by atoms with Gasteiger partial charge in [-0.15, -0.1) is 0 Å². The maximum absolute atomic E-state index is 9.28. The molecule has 0 saturated carbocycles. The number of aromatic hydroxyl groups is 1. The van der Waals surface area contributed by atoms with Gasteiger partial charge in [-0.2, -0.15) is 0 Å². The van der Waals surface area contributed by atoms with Crippen LogP contribution in [0.2, 0.25) is 0 Å². The van der Waals surface area contributed by atoms with Crippen molar-refractivity contribution in [2.75, 3.05) is 5.73 Å². The number of para-hydroxylation sites is 2. The number of rotatable bonds is 1. The number of benzene rings is 2. The first-order valence-electron chi connectivity index (χ1n) is 5.28. The molecule has 0 fully saturated rings. The Bertz CT molecular complexity index is 671. The second-order valence-electron chi connectivity index (χ2n) is 3.81. The average Bonchev–Trinajstić information content (AvgIpc) is 2.66. The minimum atomic E-state index is 0.233. The molecule has 4 nitrogen and oxygen atoms in total. The Kier molecular flexibility index (Phi) is 2.01. The number of phenolic OH excluding ortho intramolecular Hbond substituents is 1. The molecule has 1 aromatic heterocycles. The Balaban J connectivity index is 2.29. The number of phenols is 1. The summed E-state index contributed by atoms with van der Waals surface area (Å²) in [5, 5.41) is 9.28. The first-order chi connectivity index (χ1) is 8.25. The molecule has 0 atom stereocenters. The zero-order valence-corrected chi connectivity index (χ0v) is 9.04. The van der Waals surface area contributed by atoms with Crippen molar-refractivity contribution >= 4 is 17.0 Å². The molecule has 3 N–H and O–H groups in total. The van der Waals surface area contributed by atoms with Gasteiger partial charge in [-0.05, 0) is 36.4 Å². The lowest BCUT2D eigenvalue weighted by atomic mass is 10.2. The largest absolute Gasteiger partial charge is 0.508 e. The number of imidazole rings is 1. The Morgan fingerprint density at radius 2 is 1.71 bits per heavy atom. The van der Waals surface area contributed by atoms with Gasteiger partial charge in [-0.3, -0.25) is 4.57 Å². The van der Waals surface area contributed by atoms with Crippen molar-refractivity contribution in [2.24, 2.45) is 0 Å². The van der Waals surface area contributed by atoms with Gasteiger partial charge >= 0.3 is 0 Å². The van der Waals surface area contributed by atoms with E-state index in [9.17, 15) is 5.11 Å². The van der Waals surface area contributed by atoms with Crippen molar-refractivity contribution in [1.29, 1.82) is 0 Å². The first-order valence-corrected chi connectivity index (χ1v) is 5.28. The van der Waals surface area contributed by atoms with E-state index in [1.807, 2.05) is 28.8 Å². The zero-order chi connectivity index (χ0) is 11.8. The molecular formula is C13H11N3O. The Morgan fingerprint density at radius 1 is 1.00 bits per heavy atom. The molecule has 3 rings (SSSR count). The molecule has 0 amide bonds. The monoisotopic (exact) mass is 225 g/mol. The standard InChI is InChI=1S/C13H11N3O/c14-13-15-11-3-1-2-4-12(11)16(13)9-5-7-10(17)8-6-9/h1-8,17H,(H2,14,15). The summed E-state index contributed by atoms with van der Waals surface area (Å²) in [6, 6.07) is 14.6. The highest BCUT2D eigenvalue weighted by Gasteiger charge is 2.08. The summed E-state index contributed by atoms with van der Waals surface area (Å²) in [5.41, 5.74) is 8.61. The number of aromatic nitrogens is 2. The molecule has 84 valence electrons. The summed E-state index contributed by atoms with van der Waals surface area (Å²) in [7, 11) is 0. The SMILES string of the molecule is Nc1nc2ccccc2n1-c1ccc(O)cc1. The first kappa shape index (κ1) is 9.72. The lowest BCUT2D eigenvalue weighted by Crippen LogP contribution is -1.99. The quantitative estimate of drug-likeness (QED) is 0.668. The molecule has 0 spiro atoms. The van der Waals surface area contributed by atoms with Crippen LogP contribution in [0.3, 0.4) is 0 Å². The maximum Gasteiger partial charge on any atom is 0.205 e. The van der Waals surface area contributed by atoms with E-state index >= 15 is 0 Å². The number of nitrogen functional groups attached to an aromatic ring is 1. The van der Waals surface area contributed by atoms with Gasteiger partial charge in [0.15, 0.2) is 0 Å². The van der Waals surface area contributed by atoms with Crippen LogP contribution in [0.4, 0.5) is 5.95 Å². The molecule has 0 aliphatic rings. The summed E-state index contributed by atoms with van der Waals surface area (Å²) in [5.74, 6) is 0.675. The third-order valence-electron chi connectivity index (χ3n) is 2.69. The summed E-state index contributed by atoms with van der Waals surface area (Å²) in [6.07, 6.45) is 0. The predicted molar refractivity (Wildman–Crippen MR) is 67.1 cm³/mol. The molecule has 4 heteroatoms. The second kappa shape index (κ2) is 3.52. The van der Waals surface area contributed by atoms with Crippen LogP contribution in [-0.4, -0.2) is 14.7 Å². The van der Waals surface area contributed by atoms with Crippen LogP contribution < -0.4 is 5.73 Å². The lowest BCUT2D eigenvalue weighted by molar-refractivity contribution is 0.475. The Hall–Kier alpha value is -2.49. The molecule has 17 heavy (non-hydrogen) atoms. The van der Waals surface area contributed by atoms with Gasteiger partial charge < -0.3 is 10.8 Å². The van der Waals surface area contributed by atoms with Crippen LogP contribution in [0.15, 0.2) is 48.5 Å². The van der Waals surface area contributed by atoms with Crippen molar-refractivity contribution in [3.05, 3.63) is 48.5 Å². The van der Waals surface area contributed by atoms with Gasteiger partial charge in [0.25, 0.3) is 0 Å². The van der Waals surface area contributed by atoms with E-state index in [-0.39, 0.29) is 5.75 Å². The summed E-state index contributed by atoms with van der Waals surface area (Å²) in [6.45, 7) is 0. The van der Waals surface area contributed by atoms with Crippen LogP contribution in [0.25, 0.3) is 16.7 Å². The summed E-state index contributed by atoms with van der Waals surface area (Å²) >= 11 is 0. The molecule has 3 aromatic rings. The third-order valence-corrected chi connectivity index (χ3v) is 2.69. The van der Waals surface area contributed by atoms with Crippen LogP contribution in [0.1, 0.15) is 0 Å². The van der Waals surface area contributed by atoms with Gasteiger partial charge in [-0.1, -0.05) is 12.1 Å². The van der Waals surface area contributed by atoms with E-state index in [0.29, 0.717) is 5.95 Å². The van der Waals surface area contributed by atoms with Gasteiger partial charge in [0.2, 0.25) is 5.95 Å². The molecule has 0 radical (unpaired) electrons. The molecular weight excluding hydrogens is 214 g/mol. The Labute approximate surface area is 97.9 Å². The highest BCUT2D eigenvalue weighted by Crippen LogP contribution is 2.23. The van der Waals surface area contributed by atoms with Gasteiger partial charge in [0.05, 0.1) is 11.0 Å². The van der Waals surface area contributed by atoms with Crippen LogP contribution in [0, 0.1) is 0 Å². The maximum atomic E-state index is 9.28. The molecule has 0 saturated heterocycles. The minimum absolute atomic E-state index is 0.233. The van der Waals surface area contributed by atoms with Crippen LogP contribution >= 0.6 is 0 Å². The number of fused-ring (bicyclic) bond motifs is 1. The molecule has 2 aromatic carbocycles. The van der Waals surface area contributed by atoms with Crippen molar-refractivity contribution in [1.82, 2.24) is 9.55 Å². The van der Waals surface area contributed by atoms with Crippen molar-refractivity contribution in [2.45, 2.75) is 0 Å².